The van der Waals surface area contributed by atoms with Crippen molar-refractivity contribution < 1.29 is 23.8 Å². The molecule has 0 aliphatic heterocycles. The van der Waals surface area contributed by atoms with Crippen LogP contribution in [0.3, 0.4) is 0 Å². The zero-order valence-corrected chi connectivity index (χ0v) is 16.1. The largest absolute Gasteiger partial charge is 0.497 e. The van der Waals surface area contributed by atoms with Crippen molar-refractivity contribution in [3.05, 3.63) is 59.7 Å². The lowest BCUT2D eigenvalue weighted by molar-refractivity contribution is -0.148. The van der Waals surface area contributed by atoms with E-state index >= 15 is 0 Å². The van der Waals surface area contributed by atoms with Crippen molar-refractivity contribution in [2.75, 3.05) is 20.8 Å². The first-order valence-corrected chi connectivity index (χ1v) is 9.31. The number of carbonyl (C=O) groups is 2. The van der Waals surface area contributed by atoms with Gasteiger partial charge in [-0.05, 0) is 30.4 Å². The Hall–Kier alpha value is -3.02. The number of methoxy groups -OCH3 is 2. The molecule has 0 heterocycles. The molecular weight excluding hydrogens is 358 g/mol. The molecular formula is C22H25NO5. The van der Waals surface area contributed by atoms with Crippen molar-refractivity contribution in [3.8, 4) is 11.5 Å². The van der Waals surface area contributed by atoms with E-state index in [9.17, 15) is 9.59 Å². The molecule has 1 amide bonds. The predicted molar refractivity (Wildman–Crippen MR) is 104 cm³/mol. The van der Waals surface area contributed by atoms with Gasteiger partial charge in [-0.25, -0.2) is 0 Å². The molecule has 1 fully saturated rings. The summed E-state index contributed by atoms with van der Waals surface area (Å²) in [6.07, 6.45) is 2.21. The van der Waals surface area contributed by atoms with E-state index in [0.717, 1.165) is 18.4 Å². The Labute approximate surface area is 164 Å². The number of benzene rings is 2. The van der Waals surface area contributed by atoms with E-state index in [-0.39, 0.29) is 25.0 Å². The van der Waals surface area contributed by atoms with Crippen LogP contribution in [0.2, 0.25) is 0 Å². The summed E-state index contributed by atoms with van der Waals surface area (Å²) in [6.45, 7) is -0.298. The van der Waals surface area contributed by atoms with Crippen molar-refractivity contribution in [1.29, 1.82) is 0 Å². The molecule has 1 N–H and O–H groups in total. The number of amides is 1. The predicted octanol–water partition coefficient (Wildman–Crippen LogP) is 3.06. The van der Waals surface area contributed by atoms with Crippen LogP contribution in [-0.4, -0.2) is 32.7 Å². The second-order valence-electron chi connectivity index (χ2n) is 6.81. The fraction of sp³-hybridized carbons (Fsp3) is 0.364. The van der Waals surface area contributed by atoms with Gasteiger partial charge in [-0.1, -0.05) is 36.4 Å². The number of esters is 1. The van der Waals surface area contributed by atoms with Crippen LogP contribution in [0.1, 0.15) is 30.0 Å². The third-order valence-corrected chi connectivity index (χ3v) is 4.76. The SMILES string of the molecule is COc1ccc(CC(=O)OCC(=O)NC(c2ccccc2)C2CC2)c(OC)c1. The Bertz CT molecular complexity index is 817. The lowest BCUT2D eigenvalue weighted by Crippen LogP contribution is -2.33. The summed E-state index contributed by atoms with van der Waals surface area (Å²) < 4.78 is 15.6. The molecule has 148 valence electrons. The molecule has 0 radical (unpaired) electrons. The molecule has 1 saturated carbocycles. The minimum atomic E-state index is -0.485. The Morgan fingerprint density at radius 1 is 1.07 bits per heavy atom. The zero-order chi connectivity index (χ0) is 19.9. The molecule has 0 aromatic heterocycles. The highest BCUT2D eigenvalue weighted by Crippen LogP contribution is 2.40. The fourth-order valence-corrected chi connectivity index (χ4v) is 3.13. The molecule has 0 spiro atoms. The third-order valence-electron chi connectivity index (χ3n) is 4.76. The van der Waals surface area contributed by atoms with E-state index in [1.807, 2.05) is 30.3 Å². The Morgan fingerprint density at radius 3 is 2.46 bits per heavy atom. The third kappa shape index (κ3) is 5.25. The van der Waals surface area contributed by atoms with Crippen LogP contribution in [0.4, 0.5) is 0 Å². The number of carbonyl (C=O) groups excluding carboxylic acids is 2. The van der Waals surface area contributed by atoms with Gasteiger partial charge in [-0.3, -0.25) is 9.59 Å². The highest BCUT2D eigenvalue weighted by atomic mass is 16.5. The molecule has 1 aliphatic carbocycles. The van der Waals surface area contributed by atoms with Gasteiger partial charge in [0.1, 0.15) is 11.5 Å². The van der Waals surface area contributed by atoms with E-state index in [1.54, 1.807) is 25.3 Å². The summed E-state index contributed by atoms with van der Waals surface area (Å²) in [4.78, 5) is 24.4. The van der Waals surface area contributed by atoms with Crippen molar-refractivity contribution in [2.24, 2.45) is 5.92 Å². The molecule has 0 saturated heterocycles. The molecule has 0 bridgehead atoms. The first-order chi connectivity index (χ1) is 13.6. The van der Waals surface area contributed by atoms with Crippen LogP contribution in [0.15, 0.2) is 48.5 Å². The minimum absolute atomic E-state index is 0.0190. The molecule has 2 aromatic rings. The quantitative estimate of drug-likeness (QED) is 0.674. The van der Waals surface area contributed by atoms with Crippen molar-refractivity contribution in [3.63, 3.8) is 0 Å². The molecule has 28 heavy (non-hydrogen) atoms. The van der Waals surface area contributed by atoms with Crippen molar-refractivity contribution >= 4 is 11.9 Å². The highest BCUT2D eigenvalue weighted by Gasteiger charge is 2.33. The Kier molecular flexibility index (Phi) is 6.53. The molecule has 2 aromatic carbocycles. The number of hydrogen-bond acceptors (Lipinski definition) is 5. The lowest BCUT2D eigenvalue weighted by Gasteiger charge is -2.18. The van der Waals surface area contributed by atoms with E-state index in [1.165, 1.54) is 7.11 Å². The second-order valence-corrected chi connectivity index (χ2v) is 6.81. The van der Waals surface area contributed by atoms with Crippen LogP contribution < -0.4 is 14.8 Å². The summed E-state index contributed by atoms with van der Waals surface area (Å²) in [5.41, 5.74) is 1.75. The maximum absolute atomic E-state index is 12.3. The molecule has 3 rings (SSSR count). The van der Waals surface area contributed by atoms with Crippen LogP contribution in [0.5, 0.6) is 11.5 Å². The minimum Gasteiger partial charge on any atom is -0.497 e. The van der Waals surface area contributed by atoms with Gasteiger partial charge >= 0.3 is 5.97 Å². The zero-order valence-electron chi connectivity index (χ0n) is 16.1. The summed E-state index contributed by atoms with van der Waals surface area (Å²) in [5.74, 6) is 0.849. The topological polar surface area (TPSA) is 73.9 Å². The standard InChI is InChI=1S/C22H25NO5/c1-26-18-11-10-17(19(13-18)27-2)12-21(25)28-14-20(24)23-22(16-8-9-16)15-6-4-3-5-7-15/h3-7,10-11,13,16,22H,8-9,12,14H2,1-2H3,(H,23,24). The average Bonchev–Trinajstić information content (AvgIpc) is 3.56. The Morgan fingerprint density at radius 2 is 1.82 bits per heavy atom. The molecule has 6 nitrogen and oxygen atoms in total. The molecule has 6 heteroatoms. The van der Waals surface area contributed by atoms with Crippen molar-refractivity contribution in [1.82, 2.24) is 5.32 Å². The van der Waals surface area contributed by atoms with E-state index in [4.69, 9.17) is 14.2 Å². The molecule has 1 aliphatic rings. The van der Waals surface area contributed by atoms with Gasteiger partial charge < -0.3 is 19.5 Å². The summed E-state index contributed by atoms with van der Waals surface area (Å²) in [6, 6.07) is 15.0. The molecule has 1 unspecified atom stereocenters. The number of hydrogen-bond donors (Lipinski definition) is 1. The summed E-state index contributed by atoms with van der Waals surface area (Å²) in [7, 11) is 3.09. The van der Waals surface area contributed by atoms with E-state index in [0.29, 0.717) is 23.0 Å². The van der Waals surface area contributed by atoms with Gasteiger partial charge in [0.25, 0.3) is 5.91 Å². The van der Waals surface area contributed by atoms with E-state index < -0.39 is 5.97 Å². The van der Waals surface area contributed by atoms with Crippen LogP contribution in [-0.2, 0) is 20.7 Å². The number of nitrogens with one attached hydrogen (secondary N) is 1. The van der Waals surface area contributed by atoms with Crippen LogP contribution in [0.25, 0.3) is 0 Å². The second kappa shape index (κ2) is 9.26. The summed E-state index contributed by atoms with van der Waals surface area (Å²) in [5, 5.41) is 2.99. The van der Waals surface area contributed by atoms with Crippen molar-refractivity contribution in [2.45, 2.75) is 25.3 Å². The average molecular weight is 383 g/mol. The maximum Gasteiger partial charge on any atom is 0.310 e. The van der Waals surface area contributed by atoms with Gasteiger partial charge in [0, 0.05) is 11.6 Å². The Balaban J connectivity index is 1.52. The lowest BCUT2D eigenvalue weighted by atomic mass is 10.0. The summed E-state index contributed by atoms with van der Waals surface area (Å²) >= 11 is 0. The first-order valence-electron chi connectivity index (χ1n) is 9.31. The van der Waals surface area contributed by atoms with Gasteiger partial charge in [0.2, 0.25) is 0 Å². The first kappa shape index (κ1) is 19.7. The van der Waals surface area contributed by atoms with Crippen LogP contribution in [0, 0.1) is 5.92 Å². The van der Waals surface area contributed by atoms with Gasteiger partial charge in [0.15, 0.2) is 6.61 Å². The normalized spacial score (nSPS) is 14.1. The number of ether oxygens (including phenoxy) is 3. The van der Waals surface area contributed by atoms with Gasteiger partial charge in [-0.15, -0.1) is 0 Å². The van der Waals surface area contributed by atoms with Crippen LogP contribution >= 0.6 is 0 Å². The van der Waals surface area contributed by atoms with E-state index in [2.05, 4.69) is 5.32 Å². The number of rotatable bonds is 9. The van der Waals surface area contributed by atoms with Gasteiger partial charge in [-0.2, -0.15) is 0 Å². The molecule has 1 atom stereocenters. The maximum atomic E-state index is 12.3. The fourth-order valence-electron chi connectivity index (χ4n) is 3.13. The smallest absolute Gasteiger partial charge is 0.310 e. The van der Waals surface area contributed by atoms with Gasteiger partial charge in [0.05, 0.1) is 26.7 Å². The monoisotopic (exact) mass is 383 g/mol. The highest BCUT2D eigenvalue weighted by molar-refractivity contribution is 5.81.